The van der Waals surface area contributed by atoms with Crippen molar-refractivity contribution in [2.45, 2.75) is 52.4 Å². The average Bonchev–Trinajstić information content (AvgIpc) is 3.15. The Morgan fingerprint density at radius 1 is 0.947 bits per heavy atom. The van der Waals surface area contributed by atoms with Crippen molar-refractivity contribution in [1.82, 2.24) is 4.31 Å². The van der Waals surface area contributed by atoms with Gasteiger partial charge in [0.15, 0.2) is 0 Å². The number of rotatable bonds is 11. The fourth-order valence-corrected chi connectivity index (χ4v) is 6.67. The fourth-order valence-electron chi connectivity index (χ4n) is 4.90. The van der Waals surface area contributed by atoms with Crippen LogP contribution in [0.15, 0.2) is 59.5 Å². The number of anilines is 2. The molecule has 1 aliphatic heterocycles. The molecule has 3 aromatic rings. The van der Waals surface area contributed by atoms with E-state index >= 15 is 0 Å². The van der Waals surface area contributed by atoms with Crippen LogP contribution in [0.25, 0.3) is 10.8 Å². The van der Waals surface area contributed by atoms with Crippen LogP contribution in [0.2, 0.25) is 0 Å². The molecule has 8 heteroatoms. The van der Waals surface area contributed by atoms with Crippen molar-refractivity contribution >= 4 is 44.0 Å². The lowest BCUT2D eigenvalue weighted by atomic mass is 10.0. The summed E-state index contributed by atoms with van der Waals surface area (Å²) in [7, 11) is -3.68. The van der Waals surface area contributed by atoms with E-state index in [1.54, 1.807) is 12.1 Å². The lowest BCUT2D eigenvalue weighted by molar-refractivity contribution is 0.0991. The fraction of sp³-hybridized carbons (Fsp3) is 0.400. The highest BCUT2D eigenvalue weighted by atomic mass is 32.2. The Kier molecular flexibility index (Phi) is 8.23. The molecule has 4 rings (SSSR count). The summed E-state index contributed by atoms with van der Waals surface area (Å²) >= 11 is 0. The molecule has 3 aromatic carbocycles. The van der Waals surface area contributed by atoms with Gasteiger partial charge in [-0.25, -0.2) is 8.42 Å². The zero-order valence-electron chi connectivity index (χ0n) is 22.8. The predicted octanol–water partition coefficient (Wildman–Crippen LogP) is 6.16. The molecule has 0 fully saturated rings. The number of hydrogen-bond donors (Lipinski definition) is 1. The van der Waals surface area contributed by atoms with E-state index in [1.807, 2.05) is 62.9 Å². The molecule has 2 amide bonds. The van der Waals surface area contributed by atoms with Gasteiger partial charge in [0.05, 0.1) is 10.6 Å². The van der Waals surface area contributed by atoms with E-state index in [4.69, 9.17) is 0 Å². The maximum absolute atomic E-state index is 13.3. The molecule has 0 aliphatic carbocycles. The third-order valence-corrected chi connectivity index (χ3v) is 8.51. The maximum atomic E-state index is 13.3. The van der Waals surface area contributed by atoms with Gasteiger partial charge in [-0.1, -0.05) is 53.2 Å². The summed E-state index contributed by atoms with van der Waals surface area (Å²) in [5, 5.41) is 4.61. The van der Waals surface area contributed by atoms with E-state index in [0.29, 0.717) is 36.4 Å². The number of benzene rings is 3. The molecule has 1 aliphatic rings. The van der Waals surface area contributed by atoms with Crippen LogP contribution in [-0.2, 0) is 10.0 Å². The minimum atomic E-state index is -3.68. The Hall–Kier alpha value is -3.23. The molecule has 1 N–H and O–H groups in total. The first-order valence-electron chi connectivity index (χ1n) is 13.3. The van der Waals surface area contributed by atoms with Crippen LogP contribution in [0, 0.1) is 11.8 Å². The third-order valence-electron chi connectivity index (χ3n) is 6.66. The minimum absolute atomic E-state index is 0.0108. The van der Waals surface area contributed by atoms with Crippen molar-refractivity contribution in [3.63, 3.8) is 0 Å². The summed E-state index contributed by atoms with van der Waals surface area (Å²) in [4.78, 5) is 28.1. The summed E-state index contributed by atoms with van der Waals surface area (Å²) in [6, 6.07) is 15.3. The molecule has 7 nitrogen and oxygen atoms in total. The molecule has 0 unspecified atom stereocenters. The molecular weight excluding hydrogens is 498 g/mol. The lowest BCUT2D eigenvalue weighted by Gasteiger charge is -2.25. The molecule has 0 spiro atoms. The number of sulfonamides is 1. The highest BCUT2D eigenvalue weighted by molar-refractivity contribution is 7.89. The third kappa shape index (κ3) is 5.47. The molecule has 0 bridgehead atoms. The second kappa shape index (κ2) is 11.3. The number of hydrogen-bond acceptors (Lipinski definition) is 4. The highest BCUT2D eigenvalue weighted by Crippen LogP contribution is 2.40. The van der Waals surface area contributed by atoms with Crippen molar-refractivity contribution in [1.29, 1.82) is 0 Å². The molecule has 0 saturated carbocycles. The summed E-state index contributed by atoms with van der Waals surface area (Å²) in [5.74, 6) is 0.0343. The van der Waals surface area contributed by atoms with Gasteiger partial charge in [0, 0.05) is 47.2 Å². The molecule has 1 heterocycles. The van der Waals surface area contributed by atoms with Crippen molar-refractivity contribution in [2.24, 2.45) is 11.8 Å². The molecule has 0 atom stereocenters. The maximum Gasteiger partial charge on any atom is 0.258 e. The topological polar surface area (TPSA) is 86.8 Å². The van der Waals surface area contributed by atoms with Crippen molar-refractivity contribution in [3.8, 4) is 0 Å². The van der Waals surface area contributed by atoms with E-state index in [1.165, 1.54) is 16.4 Å². The van der Waals surface area contributed by atoms with Crippen molar-refractivity contribution in [3.05, 3.63) is 65.7 Å². The Labute approximate surface area is 225 Å². The summed E-state index contributed by atoms with van der Waals surface area (Å²) in [5.41, 5.74) is 2.48. The van der Waals surface area contributed by atoms with Crippen LogP contribution in [0.5, 0.6) is 0 Å². The Morgan fingerprint density at radius 2 is 1.61 bits per heavy atom. The molecule has 0 saturated heterocycles. The van der Waals surface area contributed by atoms with Crippen LogP contribution in [-0.4, -0.2) is 44.2 Å². The number of nitrogens with one attached hydrogen (secondary N) is 1. The van der Waals surface area contributed by atoms with Gasteiger partial charge in [-0.05, 0) is 60.7 Å². The molecule has 0 radical (unpaired) electrons. The van der Waals surface area contributed by atoms with E-state index in [9.17, 15) is 18.0 Å². The zero-order chi connectivity index (χ0) is 27.6. The Morgan fingerprint density at radius 3 is 2.21 bits per heavy atom. The standard InChI is InChI=1S/C30H37N3O4S/c1-6-7-17-33-27-16-15-26(24-9-8-10-25(28(24)27)30(33)35)31-29(34)22-11-13-23(14-12-22)38(36,37)32(18-20(2)3)19-21(4)5/h8-16,20-21H,6-7,17-19H2,1-5H3,(H,31,34). The smallest absolute Gasteiger partial charge is 0.258 e. The number of nitrogens with zero attached hydrogens (tertiary/aromatic N) is 2. The van der Waals surface area contributed by atoms with Crippen molar-refractivity contribution < 1.29 is 18.0 Å². The van der Waals surface area contributed by atoms with E-state index in [0.717, 1.165) is 29.3 Å². The van der Waals surface area contributed by atoms with Crippen LogP contribution >= 0.6 is 0 Å². The van der Waals surface area contributed by atoms with Gasteiger partial charge >= 0.3 is 0 Å². The van der Waals surface area contributed by atoms with Crippen LogP contribution < -0.4 is 10.2 Å². The normalized spacial score (nSPS) is 13.4. The number of unbranched alkanes of at least 4 members (excludes halogenated alkanes) is 1. The van der Waals surface area contributed by atoms with Gasteiger partial charge in [-0.3, -0.25) is 9.59 Å². The first-order chi connectivity index (χ1) is 18.0. The Balaban J connectivity index is 1.58. The van der Waals surface area contributed by atoms with Gasteiger partial charge in [0.25, 0.3) is 11.8 Å². The minimum Gasteiger partial charge on any atom is -0.321 e. The molecule has 38 heavy (non-hydrogen) atoms. The van der Waals surface area contributed by atoms with Gasteiger partial charge in [0.1, 0.15) is 0 Å². The van der Waals surface area contributed by atoms with Crippen molar-refractivity contribution in [2.75, 3.05) is 29.9 Å². The second-order valence-corrected chi connectivity index (χ2v) is 12.7. The van der Waals surface area contributed by atoms with E-state index in [2.05, 4.69) is 12.2 Å². The highest BCUT2D eigenvalue weighted by Gasteiger charge is 2.30. The number of carbonyl (C=O) groups excluding carboxylic acids is 2. The van der Waals surface area contributed by atoms with E-state index < -0.39 is 10.0 Å². The average molecular weight is 536 g/mol. The number of amides is 2. The Bertz CT molecular complexity index is 1440. The molecule has 0 aromatic heterocycles. The first-order valence-corrected chi connectivity index (χ1v) is 14.8. The molecule has 202 valence electrons. The van der Waals surface area contributed by atoms with Gasteiger partial charge in [-0.2, -0.15) is 4.31 Å². The monoisotopic (exact) mass is 535 g/mol. The number of carbonyl (C=O) groups is 2. The largest absolute Gasteiger partial charge is 0.321 e. The van der Waals surface area contributed by atoms with Gasteiger partial charge in [-0.15, -0.1) is 0 Å². The van der Waals surface area contributed by atoms with Crippen LogP contribution in [0.4, 0.5) is 11.4 Å². The summed E-state index contributed by atoms with van der Waals surface area (Å²) in [6.45, 7) is 11.6. The second-order valence-electron chi connectivity index (χ2n) is 10.8. The summed E-state index contributed by atoms with van der Waals surface area (Å²) in [6.07, 6.45) is 1.91. The zero-order valence-corrected chi connectivity index (χ0v) is 23.6. The van der Waals surface area contributed by atoms with Gasteiger partial charge < -0.3 is 10.2 Å². The lowest BCUT2D eigenvalue weighted by Crippen LogP contribution is -2.37. The SMILES string of the molecule is CCCCN1C(=O)c2cccc3c(NC(=O)c4ccc(S(=O)(=O)N(CC(C)C)CC(C)C)cc4)ccc1c23. The van der Waals surface area contributed by atoms with Crippen LogP contribution in [0.1, 0.15) is 68.2 Å². The van der Waals surface area contributed by atoms with Crippen LogP contribution in [0.3, 0.4) is 0 Å². The summed E-state index contributed by atoms with van der Waals surface area (Å²) < 4.78 is 28.1. The quantitative estimate of drug-likeness (QED) is 0.319. The first kappa shape index (κ1) is 27.8. The van der Waals surface area contributed by atoms with E-state index in [-0.39, 0.29) is 28.5 Å². The van der Waals surface area contributed by atoms with Gasteiger partial charge in [0.2, 0.25) is 10.0 Å². The molecular formula is C30H37N3O4S. The predicted molar refractivity (Wildman–Crippen MR) is 153 cm³/mol.